The Morgan fingerprint density at radius 3 is 2.62 bits per heavy atom. The van der Waals surface area contributed by atoms with Crippen LogP contribution in [-0.4, -0.2) is 16.3 Å². The van der Waals surface area contributed by atoms with E-state index in [-0.39, 0.29) is 0 Å². The van der Waals surface area contributed by atoms with Crippen LogP contribution in [0.15, 0.2) is 34.9 Å². The summed E-state index contributed by atoms with van der Waals surface area (Å²) in [5.74, 6) is 0. The summed E-state index contributed by atoms with van der Waals surface area (Å²) in [6.45, 7) is 2.73. The first-order valence-electron chi connectivity index (χ1n) is 5.22. The molecule has 0 bridgehead atoms. The van der Waals surface area contributed by atoms with Gasteiger partial charge in [0.05, 0.1) is 11.9 Å². The van der Waals surface area contributed by atoms with Crippen LogP contribution in [0.2, 0.25) is 0 Å². The van der Waals surface area contributed by atoms with E-state index in [1.807, 2.05) is 35.1 Å². The maximum Gasteiger partial charge on any atom is 0.0649 e. The van der Waals surface area contributed by atoms with Crippen molar-refractivity contribution in [2.24, 2.45) is 5.73 Å². The molecule has 2 rings (SSSR count). The number of hydrogen-bond acceptors (Lipinski definition) is 2. The van der Waals surface area contributed by atoms with Crippen molar-refractivity contribution in [2.45, 2.75) is 13.3 Å². The van der Waals surface area contributed by atoms with Gasteiger partial charge in [-0.3, -0.25) is 0 Å². The van der Waals surface area contributed by atoms with Crippen LogP contribution in [0.25, 0.3) is 5.69 Å². The van der Waals surface area contributed by atoms with Gasteiger partial charge in [0.1, 0.15) is 0 Å². The van der Waals surface area contributed by atoms with Crippen molar-refractivity contribution in [1.29, 1.82) is 0 Å². The van der Waals surface area contributed by atoms with Crippen LogP contribution in [0.1, 0.15) is 11.3 Å². The van der Waals surface area contributed by atoms with Crippen molar-refractivity contribution >= 4 is 15.9 Å². The van der Waals surface area contributed by atoms with Crippen molar-refractivity contribution in [3.63, 3.8) is 0 Å². The Kier molecular flexibility index (Phi) is 3.41. The molecule has 0 aliphatic heterocycles. The van der Waals surface area contributed by atoms with Crippen molar-refractivity contribution < 1.29 is 0 Å². The summed E-state index contributed by atoms with van der Waals surface area (Å²) in [4.78, 5) is 0. The second-order valence-electron chi connectivity index (χ2n) is 3.68. The molecule has 2 aromatic rings. The van der Waals surface area contributed by atoms with Crippen LogP contribution in [0.5, 0.6) is 0 Å². The zero-order chi connectivity index (χ0) is 11.5. The van der Waals surface area contributed by atoms with Crippen molar-refractivity contribution in [1.82, 2.24) is 9.78 Å². The van der Waals surface area contributed by atoms with Gasteiger partial charge in [0.2, 0.25) is 0 Å². The number of aromatic nitrogens is 2. The molecule has 2 N–H and O–H groups in total. The lowest BCUT2D eigenvalue weighted by molar-refractivity contribution is 0.841. The van der Waals surface area contributed by atoms with Crippen molar-refractivity contribution in [3.05, 3.63) is 46.2 Å². The van der Waals surface area contributed by atoms with E-state index in [1.165, 1.54) is 5.56 Å². The minimum Gasteiger partial charge on any atom is -0.330 e. The molecule has 3 nitrogen and oxygen atoms in total. The monoisotopic (exact) mass is 279 g/mol. The Hall–Kier alpha value is -1.13. The van der Waals surface area contributed by atoms with Gasteiger partial charge in [-0.05, 0) is 49.7 Å². The number of benzene rings is 1. The van der Waals surface area contributed by atoms with Crippen LogP contribution in [0.4, 0.5) is 0 Å². The van der Waals surface area contributed by atoms with Gasteiger partial charge in [-0.1, -0.05) is 15.9 Å². The van der Waals surface area contributed by atoms with Crippen LogP contribution in [0.3, 0.4) is 0 Å². The fourth-order valence-corrected chi connectivity index (χ4v) is 1.95. The third-order valence-corrected chi connectivity index (χ3v) is 3.13. The van der Waals surface area contributed by atoms with E-state index in [0.29, 0.717) is 6.54 Å². The normalized spacial score (nSPS) is 10.7. The highest BCUT2D eigenvalue weighted by Gasteiger charge is 2.06. The van der Waals surface area contributed by atoms with Crippen LogP contribution >= 0.6 is 15.9 Å². The van der Waals surface area contributed by atoms with Crippen LogP contribution < -0.4 is 5.73 Å². The molecule has 1 aromatic carbocycles. The molecule has 0 fully saturated rings. The molecule has 0 amide bonds. The van der Waals surface area contributed by atoms with Crippen LogP contribution in [0, 0.1) is 6.92 Å². The highest BCUT2D eigenvalue weighted by molar-refractivity contribution is 9.10. The SMILES string of the molecule is Cc1c(CCN)cnn1-c1ccc(Br)cc1. The minimum absolute atomic E-state index is 0.660. The molecule has 0 saturated heterocycles. The van der Waals surface area contributed by atoms with Gasteiger partial charge in [-0.2, -0.15) is 5.10 Å². The molecular weight excluding hydrogens is 266 g/mol. The molecule has 16 heavy (non-hydrogen) atoms. The van der Waals surface area contributed by atoms with E-state index in [1.54, 1.807) is 0 Å². The second-order valence-corrected chi connectivity index (χ2v) is 4.60. The highest BCUT2D eigenvalue weighted by Crippen LogP contribution is 2.17. The number of halogens is 1. The molecule has 0 aliphatic rings. The van der Waals surface area contributed by atoms with E-state index in [2.05, 4.69) is 28.0 Å². The third-order valence-electron chi connectivity index (χ3n) is 2.60. The summed E-state index contributed by atoms with van der Waals surface area (Å²) in [5, 5.41) is 4.38. The quantitative estimate of drug-likeness (QED) is 0.938. The number of nitrogens with two attached hydrogens (primary N) is 1. The molecule has 4 heteroatoms. The summed E-state index contributed by atoms with van der Waals surface area (Å²) < 4.78 is 3.01. The Balaban J connectivity index is 2.37. The van der Waals surface area contributed by atoms with Gasteiger partial charge in [-0.15, -0.1) is 0 Å². The standard InChI is InChI=1S/C12H14BrN3/c1-9-10(6-7-14)8-15-16(9)12-4-2-11(13)3-5-12/h2-5,8H,6-7,14H2,1H3. The lowest BCUT2D eigenvalue weighted by atomic mass is 10.2. The predicted molar refractivity (Wildman–Crippen MR) is 68.8 cm³/mol. The molecule has 1 aromatic heterocycles. The Labute approximate surface area is 103 Å². The molecular formula is C12H14BrN3. The lowest BCUT2D eigenvalue weighted by Gasteiger charge is -2.05. The van der Waals surface area contributed by atoms with Gasteiger partial charge in [-0.25, -0.2) is 4.68 Å². The maximum absolute atomic E-state index is 5.55. The zero-order valence-corrected chi connectivity index (χ0v) is 10.7. The third kappa shape index (κ3) is 2.18. The highest BCUT2D eigenvalue weighted by atomic mass is 79.9. The summed E-state index contributed by atoms with van der Waals surface area (Å²) >= 11 is 3.42. The Morgan fingerprint density at radius 1 is 1.31 bits per heavy atom. The maximum atomic E-state index is 5.55. The molecule has 0 aliphatic carbocycles. The Bertz CT molecular complexity index is 474. The average Bonchev–Trinajstić information content (AvgIpc) is 2.63. The predicted octanol–water partition coefficient (Wildman–Crippen LogP) is 2.44. The molecule has 1 heterocycles. The first-order valence-corrected chi connectivity index (χ1v) is 6.01. The van der Waals surface area contributed by atoms with Crippen molar-refractivity contribution in [3.8, 4) is 5.69 Å². The smallest absolute Gasteiger partial charge is 0.0649 e. The Morgan fingerprint density at radius 2 is 2.00 bits per heavy atom. The van der Waals surface area contributed by atoms with E-state index in [9.17, 15) is 0 Å². The lowest BCUT2D eigenvalue weighted by Crippen LogP contribution is -2.04. The topological polar surface area (TPSA) is 43.8 Å². The van der Waals surface area contributed by atoms with E-state index < -0.39 is 0 Å². The molecule has 0 atom stereocenters. The largest absolute Gasteiger partial charge is 0.330 e. The zero-order valence-electron chi connectivity index (χ0n) is 9.15. The molecule has 0 saturated carbocycles. The van der Waals surface area contributed by atoms with E-state index in [4.69, 9.17) is 5.73 Å². The summed E-state index contributed by atoms with van der Waals surface area (Å²) in [5.41, 5.74) is 9.00. The first-order chi connectivity index (χ1) is 7.72. The average molecular weight is 280 g/mol. The fourth-order valence-electron chi connectivity index (χ4n) is 1.69. The number of nitrogens with zero attached hydrogens (tertiary/aromatic N) is 2. The summed E-state index contributed by atoms with van der Waals surface area (Å²) in [6.07, 6.45) is 2.77. The van der Waals surface area contributed by atoms with Gasteiger partial charge < -0.3 is 5.73 Å². The van der Waals surface area contributed by atoms with E-state index in [0.717, 1.165) is 22.3 Å². The first kappa shape index (κ1) is 11.4. The van der Waals surface area contributed by atoms with Gasteiger partial charge in [0.25, 0.3) is 0 Å². The molecule has 0 unspecified atom stereocenters. The van der Waals surface area contributed by atoms with E-state index >= 15 is 0 Å². The molecule has 84 valence electrons. The molecule has 0 radical (unpaired) electrons. The van der Waals surface area contributed by atoms with Gasteiger partial charge in [0.15, 0.2) is 0 Å². The number of rotatable bonds is 3. The minimum atomic E-state index is 0.660. The van der Waals surface area contributed by atoms with Crippen molar-refractivity contribution in [2.75, 3.05) is 6.54 Å². The van der Waals surface area contributed by atoms with Crippen LogP contribution in [-0.2, 0) is 6.42 Å². The second kappa shape index (κ2) is 4.80. The van der Waals surface area contributed by atoms with Gasteiger partial charge in [0, 0.05) is 10.2 Å². The summed E-state index contributed by atoms with van der Waals surface area (Å²) in [6, 6.07) is 8.10. The van der Waals surface area contributed by atoms with Gasteiger partial charge >= 0.3 is 0 Å². The molecule has 0 spiro atoms. The fraction of sp³-hybridized carbons (Fsp3) is 0.250. The number of hydrogen-bond donors (Lipinski definition) is 1. The summed E-state index contributed by atoms with van der Waals surface area (Å²) in [7, 11) is 0.